The van der Waals surface area contributed by atoms with Crippen molar-refractivity contribution < 1.29 is 9.53 Å². The van der Waals surface area contributed by atoms with Crippen LogP contribution in [0.3, 0.4) is 0 Å². The molecule has 1 aliphatic carbocycles. The summed E-state index contributed by atoms with van der Waals surface area (Å²) in [5.74, 6) is -0.168. The van der Waals surface area contributed by atoms with Crippen molar-refractivity contribution in [3.05, 3.63) is 0 Å². The molecule has 0 radical (unpaired) electrons. The number of thioether (sulfide) groups is 1. The Morgan fingerprint density at radius 2 is 2.19 bits per heavy atom. The Bertz CT molecular complexity index is 223. The van der Waals surface area contributed by atoms with Crippen LogP contribution in [0.2, 0.25) is 0 Å². The quantitative estimate of drug-likeness (QED) is 0.753. The summed E-state index contributed by atoms with van der Waals surface area (Å²) in [5.41, 5.74) is 0. The van der Waals surface area contributed by atoms with E-state index < -0.39 is 0 Å². The van der Waals surface area contributed by atoms with Crippen LogP contribution in [0.4, 0.5) is 0 Å². The largest absolute Gasteiger partial charge is 0.469 e. The second-order valence-electron chi connectivity index (χ2n) is 4.50. The molecule has 0 bridgehead atoms. The van der Waals surface area contributed by atoms with E-state index in [1.54, 1.807) is 0 Å². The maximum Gasteiger partial charge on any atom is 0.309 e. The van der Waals surface area contributed by atoms with Crippen molar-refractivity contribution in [2.24, 2.45) is 5.92 Å². The van der Waals surface area contributed by atoms with Crippen LogP contribution >= 0.6 is 11.8 Å². The number of rotatable bonds is 5. The number of carbonyl (C=O) groups is 1. The van der Waals surface area contributed by atoms with E-state index in [2.05, 4.69) is 11.6 Å². The summed E-state index contributed by atoms with van der Waals surface area (Å²) in [7, 11) is 1.45. The maximum absolute atomic E-state index is 11.3. The highest BCUT2D eigenvalue weighted by atomic mass is 32.2. The van der Waals surface area contributed by atoms with E-state index in [9.17, 15) is 4.79 Å². The van der Waals surface area contributed by atoms with E-state index >= 15 is 0 Å². The van der Waals surface area contributed by atoms with Crippen LogP contribution in [-0.2, 0) is 9.53 Å². The van der Waals surface area contributed by atoms with Crippen molar-refractivity contribution in [3.8, 4) is 0 Å². The molecule has 1 saturated carbocycles. The molecule has 0 aromatic heterocycles. The van der Waals surface area contributed by atoms with Gasteiger partial charge in [-0.3, -0.25) is 4.79 Å². The monoisotopic (exact) mass is 245 g/mol. The minimum absolute atomic E-state index is 0.0468. The molecule has 0 aromatic rings. The molecule has 0 spiro atoms. The lowest BCUT2D eigenvalue weighted by molar-refractivity contribution is -0.144. The molecule has 3 nitrogen and oxygen atoms in total. The molecule has 0 heterocycles. The topological polar surface area (TPSA) is 38.3 Å². The lowest BCUT2D eigenvalue weighted by Crippen LogP contribution is -2.43. The maximum atomic E-state index is 11.3. The van der Waals surface area contributed by atoms with Crippen molar-refractivity contribution in [2.75, 3.05) is 19.9 Å². The Hall–Kier alpha value is -0.220. The smallest absolute Gasteiger partial charge is 0.309 e. The van der Waals surface area contributed by atoms with Gasteiger partial charge in [-0.15, -0.1) is 0 Å². The molecular weight excluding hydrogens is 222 g/mol. The number of hydrogen-bond donors (Lipinski definition) is 1. The molecule has 0 amide bonds. The van der Waals surface area contributed by atoms with Gasteiger partial charge in [0.2, 0.25) is 0 Å². The minimum atomic E-state index is -0.121. The Morgan fingerprint density at radius 1 is 1.50 bits per heavy atom. The fourth-order valence-electron chi connectivity index (χ4n) is 2.23. The Morgan fingerprint density at radius 3 is 2.81 bits per heavy atom. The number of hydrogen-bond acceptors (Lipinski definition) is 4. The third-order valence-electron chi connectivity index (χ3n) is 3.30. The van der Waals surface area contributed by atoms with Gasteiger partial charge in [0.1, 0.15) is 0 Å². The second kappa shape index (κ2) is 7.17. The zero-order valence-electron chi connectivity index (χ0n) is 10.5. The highest BCUT2D eigenvalue weighted by Crippen LogP contribution is 2.27. The van der Waals surface area contributed by atoms with Gasteiger partial charge >= 0.3 is 5.97 Å². The van der Waals surface area contributed by atoms with Crippen molar-refractivity contribution in [1.29, 1.82) is 0 Å². The number of nitrogens with one attached hydrogen (secondary N) is 1. The van der Waals surface area contributed by atoms with Crippen molar-refractivity contribution in [1.82, 2.24) is 5.32 Å². The lowest BCUT2D eigenvalue weighted by Gasteiger charge is -2.31. The zero-order chi connectivity index (χ0) is 12.0. The molecule has 1 rings (SSSR count). The highest BCUT2D eigenvalue weighted by Gasteiger charge is 2.25. The van der Waals surface area contributed by atoms with Gasteiger partial charge in [0, 0.05) is 17.8 Å². The van der Waals surface area contributed by atoms with Crippen LogP contribution in [-0.4, -0.2) is 37.2 Å². The fraction of sp³-hybridized carbons (Fsp3) is 0.917. The summed E-state index contributed by atoms with van der Waals surface area (Å²) >= 11 is 1.94. The number of carbonyl (C=O) groups excluding carboxylic acids is 1. The SMILES string of the molecule is COC(=O)C(C)CNC1CCCCC1SC. The van der Waals surface area contributed by atoms with Crippen molar-refractivity contribution in [3.63, 3.8) is 0 Å². The van der Waals surface area contributed by atoms with Gasteiger partial charge in [0.15, 0.2) is 0 Å². The molecule has 1 N–H and O–H groups in total. The van der Waals surface area contributed by atoms with Crippen molar-refractivity contribution in [2.45, 2.75) is 43.9 Å². The Kier molecular flexibility index (Phi) is 6.21. The van der Waals surface area contributed by atoms with E-state index in [4.69, 9.17) is 4.74 Å². The van der Waals surface area contributed by atoms with Crippen LogP contribution < -0.4 is 5.32 Å². The second-order valence-corrected chi connectivity index (χ2v) is 5.57. The number of ether oxygens (including phenoxy) is 1. The molecule has 1 fully saturated rings. The van der Waals surface area contributed by atoms with Gasteiger partial charge in [-0.1, -0.05) is 19.8 Å². The summed E-state index contributed by atoms with van der Waals surface area (Å²) in [5, 5.41) is 4.22. The van der Waals surface area contributed by atoms with Gasteiger partial charge in [-0.25, -0.2) is 0 Å². The molecule has 4 heteroatoms. The summed E-state index contributed by atoms with van der Waals surface area (Å²) in [6.07, 6.45) is 7.36. The van der Waals surface area contributed by atoms with Crippen LogP contribution in [0.5, 0.6) is 0 Å². The molecule has 0 aromatic carbocycles. The predicted molar refractivity (Wildman–Crippen MR) is 68.7 cm³/mol. The minimum Gasteiger partial charge on any atom is -0.469 e. The summed E-state index contributed by atoms with van der Waals surface area (Å²) in [4.78, 5) is 11.3. The molecular formula is C12H23NO2S. The van der Waals surface area contributed by atoms with Crippen LogP contribution in [0.1, 0.15) is 32.6 Å². The molecule has 16 heavy (non-hydrogen) atoms. The molecule has 3 unspecified atom stereocenters. The first-order valence-electron chi connectivity index (χ1n) is 6.03. The fourth-order valence-corrected chi connectivity index (χ4v) is 3.19. The lowest BCUT2D eigenvalue weighted by atomic mass is 9.94. The Labute approximate surface area is 103 Å². The molecule has 0 saturated heterocycles. The first-order valence-corrected chi connectivity index (χ1v) is 7.31. The predicted octanol–water partition coefficient (Wildman–Crippen LogP) is 2.06. The van der Waals surface area contributed by atoms with Gasteiger partial charge < -0.3 is 10.1 Å². The Balaban J connectivity index is 2.32. The summed E-state index contributed by atoms with van der Waals surface area (Å²) in [6, 6.07) is 0.566. The normalized spacial score (nSPS) is 27.4. The van der Waals surface area contributed by atoms with Crippen molar-refractivity contribution >= 4 is 17.7 Å². The van der Waals surface area contributed by atoms with Crippen LogP contribution in [0.25, 0.3) is 0 Å². The highest BCUT2D eigenvalue weighted by molar-refractivity contribution is 7.99. The van der Waals surface area contributed by atoms with Gasteiger partial charge in [0.25, 0.3) is 0 Å². The standard InChI is InChI=1S/C12H23NO2S/c1-9(12(14)15-2)8-13-10-6-4-5-7-11(10)16-3/h9-11,13H,4-8H2,1-3H3. The average Bonchev–Trinajstić information content (AvgIpc) is 2.35. The van der Waals surface area contributed by atoms with E-state index in [0.717, 1.165) is 6.54 Å². The average molecular weight is 245 g/mol. The van der Waals surface area contributed by atoms with Gasteiger partial charge in [-0.2, -0.15) is 11.8 Å². The first-order chi connectivity index (χ1) is 7.69. The van der Waals surface area contributed by atoms with Gasteiger partial charge in [0.05, 0.1) is 13.0 Å². The van der Waals surface area contributed by atoms with Crippen LogP contribution in [0.15, 0.2) is 0 Å². The molecule has 94 valence electrons. The van der Waals surface area contributed by atoms with Gasteiger partial charge in [-0.05, 0) is 19.1 Å². The third-order valence-corrected chi connectivity index (χ3v) is 4.46. The summed E-state index contributed by atoms with van der Waals surface area (Å²) in [6.45, 7) is 2.64. The van der Waals surface area contributed by atoms with Crippen LogP contribution in [0, 0.1) is 5.92 Å². The first kappa shape index (κ1) is 13.8. The molecule has 3 atom stereocenters. The van der Waals surface area contributed by atoms with E-state index in [-0.39, 0.29) is 11.9 Å². The zero-order valence-corrected chi connectivity index (χ0v) is 11.3. The molecule has 0 aliphatic heterocycles. The van der Waals surface area contributed by atoms with E-state index in [1.165, 1.54) is 32.8 Å². The number of methoxy groups -OCH3 is 1. The molecule has 1 aliphatic rings. The third kappa shape index (κ3) is 3.98. The summed E-state index contributed by atoms with van der Waals surface area (Å²) < 4.78 is 4.72. The van der Waals surface area contributed by atoms with E-state index in [1.807, 2.05) is 18.7 Å². The number of esters is 1. The van der Waals surface area contributed by atoms with E-state index in [0.29, 0.717) is 11.3 Å².